The molecule has 0 aromatic carbocycles. The largest absolute Gasteiger partial charge is 0.440 e. The zero-order valence-corrected chi connectivity index (χ0v) is 7.77. The Morgan fingerprint density at radius 2 is 0.933 bits per heavy atom. The van der Waals surface area contributed by atoms with Gasteiger partial charge in [0.05, 0.1) is 0 Å². The van der Waals surface area contributed by atoms with E-state index in [1.807, 2.05) is 0 Å². The summed E-state index contributed by atoms with van der Waals surface area (Å²) >= 11 is 1.20. The highest BCUT2D eigenvalue weighted by Gasteiger charge is 2.85. The Hall–Kier alpha value is -0.190. The first kappa shape index (κ1) is 14.8. The molecule has 0 spiro atoms. The van der Waals surface area contributed by atoms with Crippen molar-refractivity contribution < 1.29 is 43.3 Å². The van der Waals surface area contributed by atoms with Crippen LogP contribution in [0.2, 0.25) is 0 Å². The van der Waals surface area contributed by atoms with Crippen LogP contribution in [-0.4, -0.2) is 24.1 Å². The fourth-order valence-electron chi connectivity index (χ4n) is 0.544. The van der Waals surface area contributed by atoms with Crippen LogP contribution in [0.3, 0.4) is 0 Å². The molecule has 0 rings (SSSR count). The van der Waals surface area contributed by atoms with Crippen molar-refractivity contribution in [1.29, 1.82) is 0 Å². The van der Waals surface area contributed by atoms with Crippen molar-refractivity contribution in [2.45, 2.75) is 24.1 Å². The van der Waals surface area contributed by atoms with Crippen LogP contribution in [0.15, 0.2) is 0 Å². The van der Waals surface area contributed by atoms with E-state index in [4.69, 9.17) is 0 Å². The second kappa shape index (κ2) is 3.68. The molecule has 11 heteroatoms. The molecule has 1 nitrogen and oxygen atoms in total. The average Bonchev–Trinajstić information content (AvgIpc) is 1.98. The third-order valence-electron chi connectivity index (χ3n) is 1.28. The zero-order chi connectivity index (χ0) is 12.7. The van der Waals surface area contributed by atoms with Gasteiger partial charge in [0.25, 0.3) is 0 Å². The molecule has 0 aromatic heterocycles. The molecule has 0 bridgehead atoms. The van der Waals surface area contributed by atoms with Gasteiger partial charge in [-0.25, -0.2) is 8.22 Å². The second-order valence-corrected chi connectivity index (χ2v) is 2.57. The smallest absolute Gasteiger partial charge is 0.237 e. The molecule has 92 valence electrons. The molecule has 0 aromatic rings. The highest BCUT2D eigenvalue weighted by atomic mass is 79.9. The minimum absolute atomic E-state index is 1.20. The van der Waals surface area contributed by atoms with E-state index < -0.39 is 24.1 Å². The summed E-state index contributed by atoms with van der Waals surface area (Å²) in [6, 6.07) is 0. The fraction of sp³-hybridized carbons (Fsp3) is 1.00. The normalized spacial score (nSPS) is 15.6. The maximum atomic E-state index is 12.4. The molecule has 0 N–H and O–H groups in total. The van der Waals surface area contributed by atoms with Gasteiger partial charge in [0.15, 0.2) is 0 Å². The van der Waals surface area contributed by atoms with Gasteiger partial charge in [-0.1, -0.05) is 0 Å². The van der Waals surface area contributed by atoms with Crippen LogP contribution < -0.4 is 0 Å². The molecular formula is C4BrF9O. The molecule has 0 saturated carbocycles. The summed E-state index contributed by atoms with van der Waals surface area (Å²) in [4.78, 5) is 0. The molecular weight excluding hydrogens is 315 g/mol. The van der Waals surface area contributed by atoms with Gasteiger partial charge in [-0.3, -0.25) is 0 Å². The lowest BCUT2D eigenvalue weighted by Crippen LogP contribution is -2.64. The van der Waals surface area contributed by atoms with E-state index in [2.05, 4.69) is 3.83 Å². The summed E-state index contributed by atoms with van der Waals surface area (Å²) in [6.07, 6.45) is -19.9. The number of rotatable bonds is 2. The lowest BCUT2D eigenvalue weighted by Gasteiger charge is -2.33. The highest BCUT2D eigenvalue weighted by Crippen LogP contribution is 2.55. The number of hydrogen-bond donors (Lipinski definition) is 0. The Bertz CT molecular complexity index is 215. The van der Waals surface area contributed by atoms with Crippen molar-refractivity contribution in [1.82, 2.24) is 0 Å². The van der Waals surface area contributed by atoms with Gasteiger partial charge in [0, 0.05) is 0 Å². The molecule has 0 fully saturated rings. The quantitative estimate of drug-likeness (QED) is 0.706. The van der Waals surface area contributed by atoms with E-state index >= 15 is 0 Å². The van der Waals surface area contributed by atoms with Crippen molar-refractivity contribution in [3.8, 4) is 0 Å². The third-order valence-corrected chi connectivity index (χ3v) is 1.69. The number of alkyl halides is 9. The number of hydrogen-bond acceptors (Lipinski definition) is 1. The standard InChI is InChI=1S/C4BrF9O/c5-15-4(13,14)1(6,2(7,8)9)3(10,11)12. The minimum atomic E-state index is -6.87. The first-order valence-electron chi connectivity index (χ1n) is 2.81. The van der Waals surface area contributed by atoms with Crippen LogP contribution in [0.25, 0.3) is 0 Å². The van der Waals surface area contributed by atoms with Crippen molar-refractivity contribution in [3.63, 3.8) is 0 Å². The lowest BCUT2D eigenvalue weighted by molar-refractivity contribution is -0.429. The van der Waals surface area contributed by atoms with E-state index in [0.717, 1.165) is 0 Å². The molecule has 0 aliphatic heterocycles. The summed E-state index contributed by atoms with van der Waals surface area (Å²) in [6.45, 7) is 0. The van der Waals surface area contributed by atoms with Crippen molar-refractivity contribution in [2.75, 3.05) is 0 Å². The first-order chi connectivity index (χ1) is 6.31. The Kier molecular flexibility index (Phi) is 3.63. The monoisotopic (exact) mass is 314 g/mol. The van der Waals surface area contributed by atoms with E-state index in [-0.39, 0.29) is 0 Å². The van der Waals surface area contributed by atoms with Gasteiger partial charge in [-0.2, -0.15) is 35.1 Å². The van der Waals surface area contributed by atoms with Crippen LogP contribution in [0.1, 0.15) is 0 Å². The Morgan fingerprint density at radius 1 is 0.667 bits per heavy atom. The molecule has 0 radical (unpaired) electrons. The third kappa shape index (κ3) is 2.17. The van der Waals surface area contributed by atoms with Gasteiger partial charge in [-0.05, 0) is 0 Å². The predicted octanol–water partition coefficient (Wildman–Crippen LogP) is 3.74. The summed E-state index contributed by atoms with van der Waals surface area (Å²) < 4.78 is 109. The Balaban J connectivity index is 5.65. The Morgan fingerprint density at radius 3 is 1.00 bits per heavy atom. The summed E-state index contributed by atoms with van der Waals surface area (Å²) in [5, 5.41) is 0. The first-order valence-corrected chi connectivity index (χ1v) is 3.46. The predicted molar refractivity (Wildman–Crippen MR) is 30.9 cm³/mol. The van der Waals surface area contributed by atoms with Gasteiger partial charge < -0.3 is 0 Å². The van der Waals surface area contributed by atoms with Gasteiger partial charge >= 0.3 is 24.1 Å². The Labute approximate surface area is 84.6 Å². The van der Waals surface area contributed by atoms with Crippen LogP contribution >= 0.6 is 16.3 Å². The molecule has 0 aliphatic rings. The van der Waals surface area contributed by atoms with E-state index in [9.17, 15) is 39.5 Å². The molecule has 0 unspecified atom stereocenters. The molecule has 0 aliphatic carbocycles. The second-order valence-electron chi connectivity index (χ2n) is 2.25. The maximum Gasteiger partial charge on any atom is 0.440 e. The topological polar surface area (TPSA) is 9.23 Å². The van der Waals surface area contributed by atoms with Crippen LogP contribution in [0.4, 0.5) is 39.5 Å². The van der Waals surface area contributed by atoms with Crippen molar-refractivity contribution in [3.05, 3.63) is 0 Å². The van der Waals surface area contributed by atoms with Crippen LogP contribution in [-0.2, 0) is 3.83 Å². The van der Waals surface area contributed by atoms with Crippen LogP contribution in [0.5, 0.6) is 0 Å². The lowest BCUT2D eigenvalue weighted by atomic mass is 10.0. The SMILES string of the molecule is FC(F)(F)C(F)(C(F)(F)F)C(F)(F)OBr. The molecule has 0 amide bonds. The zero-order valence-electron chi connectivity index (χ0n) is 6.19. The molecule has 0 atom stereocenters. The summed E-state index contributed by atoms with van der Waals surface area (Å²) in [5.74, 6) is 0. The van der Waals surface area contributed by atoms with Gasteiger partial charge in [-0.15, -0.1) is 0 Å². The maximum absolute atomic E-state index is 12.4. The van der Waals surface area contributed by atoms with Gasteiger partial charge in [0.2, 0.25) is 0 Å². The molecule has 15 heavy (non-hydrogen) atoms. The average molecular weight is 315 g/mol. The highest BCUT2D eigenvalue weighted by molar-refractivity contribution is 9.06. The molecule has 0 saturated heterocycles. The van der Waals surface area contributed by atoms with Crippen molar-refractivity contribution >= 4 is 16.3 Å². The molecule has 0 heterocycles. The number of halogens is 10. The van der Waals surface area contributed by atoms with E-state index in [1.165, 1.54) is 16.3 Å². The summed E-state index contributed by atoms with van der Waals surface area (Å²) in [7, 11) is 0. The fourth-order valence-corrected chi connectivity index (χ4v) is 0.767. The summed E-state index contributed by atoms with van der Waals surface area (Å²) in [5.41, 5.74) is -6.78. The minimum Gasteiger partial charge on any atom is -0.237 e. The van der Waals surface area contributed by atoms with Crippen LogP contribution in [0, 0.1) is 0 Å². The van der Waals surface area contributed by atoms with E-state index in [0.29, 0.717) is 0 Å². The van der Waals surface area contributed by atoms with E-state index in [1.54, 1.807) is 0 Å². The van der Waals surface area contributed by atoms with Crippen molar-refractivity contribution in [2.24, 2.45) is 0 Å². The van der Waals surface area contributed by atoms with Gasteiger partial charge in [0.1, 0.15) is 16.3 Å².